The molecule has 0 aromatic heterocycles. The Balaban J connectivity index is 2.11. The van der Waals surface area contributed by atoms with E-state index in [1.807, 2.05) is 13.8 Å². The van der Waals surface area contributed by atoms with E-state index in [0.717, 1.165) is 5.56 Å². The van der Waals surface area contributed by atoms with Crippen molar-refractivity contribution in [2.75, 3.05) is 32.6 Å². The summed E-state index contributed by atoms with van der Waals surface area (Å²) in [6, 6.07) is 10.2. The maximum absolute atomic E-state index is 12.5. The van der Waals surface area contributed by atoms with Crippen molar-refractivity contribution in [1.82, 2.24) is 4.90 Å². The van der Waals surface area contributed by atoms with Crippen LogP contribution in [0, 0.1) is 0 Å². The minimum atomic E-state index is -0.220. The minimum absolute atomic E-state index is 0.129. The molecule has 0 aliphatic carbocycles. The van der Waals surface area contributed by atoms with Crippen molar-refractivity contribution >= 4 is 29.1 Å². The third-order valence-corrected chi connectivity index (χ3v) is 4.69. The molecule has 2 amide bonds. The minimum Gasteiger partial charge on any atom is -0.497 e. The largest absolute Gasteiger partial charge is 0.497 e. The second kappa shape index (κ2) is 9.99. The lowest BCUT2D eigenvalue weighted by atomic mass is 10.1. The van der Waals surface area contributed by atoms with Crippen molar-refractivity contribution in [3.05, 3.63) is 52.5 Å². The Labute approximate surface area is 170 Å². The summed E-state index contributed by atoms with van der Waals surface area (Å²) in [7, 11) is 3.11. The molecule has 0 bridgehead atoms. The SMILES string of the molecule is CCN(CC)C(=O)c1ccc(NC(=O)Cc2ccc(OC)cc2OC)cc1Cl. The summed E-state index contributed by atoms with van der Waals surface area (Å²) >= 11 is 6.27. The molecule has 2 aromatic carbocycles. The van der Waals surface area contributed by atoms with E-state index in [-0.39, 0.29) is 18.2 Å². The van der Waals surface area contributed by atoms with Gasteiger partial charge in [-0.2, -0.15) is 0 Å². The molecule has 0 saturated carbocycles. The number of hydrogen-bond donors (Lipinski definition) is 1. The second-order valence-electron chi connectivity index (χ2n) is 6.07. The van der Waals surface area contributed by atoms with Gasteiger partial charge in [0.2, 0.25) is 5.91 Å². The molecule has 0 atom stereocenters. The summed E-state index contributed by atoms with van der Waals surface area (Å²) in [6.07, 6.45) is 0.130. The van der Waals surface area contributed by atoms with Crippen molar-refractivity contribution in [2.45, 2.75) is 20.3 Å². The van der Waals surface area contributed by atoms with Crippen molar-refractivity contribution in [3.63, 3.8) is 0 Å². The molecular weight excluding hydrogens is 380 g/mol. The first-order chi connectivity index (χ1) is 13.4. The first kappa shape index (κ1) is 21.6. The van der Waals surface area contributed by atoms with Gasteiger partial charge in [0.25, 0.3) is 5.91 Å². The van der Waals surface area contributed by atoms with Gasteiger partial charge in [-0.1, -0.05) is 17.7 Å². The van der Waals surface area contributed by atoms with Crippen LogP contribution in [0.25, 0.3) is 0 Å². The number of ether oxygens (including phenoxy) is 2. The van der Waals surface area contributed by atoms with Crippen molar-refractivity contribution in [2.24, 2.45) is 0 Å². The lowest BCUT2D eigenvalue weighted by Gasteiger charge is -2.19. The summed E-state index contributed by atoms with van der Waals surface area (Å²) < 4.78 is 10.5. The molecule has 1 N–H and O–H groups in total. The zero-order chi connectivity index (χ0) is 20.7. The first-order valence-corrected chi connectivity index (χ1v) is 9.40. The highest BCUT2D eigenvalue weighted by Crippen LogP contribution is 2.26. The van der Waals surface area contributed by atoms with Gasteiger partial charge in [-0.25, -0.2) is 0 Å². The van der Waals surface area contributed by atoms with E-state index >= 15 is 0 Å². The van der Waals surface area contributed by atoms with Crippen LogP contribution in [0.15, 0.2) is 36.4 Å². The highest BCUT2D eigenvalue weighted by molar-refractivity contribution is 6.34. The molecule has 0 heterocycles. The fourth-order valence-corrected chi connectivity index (χ4v) is 3.08. The van der Waals surface area contributed by atoms with Crippen molar-refractivity contribution < 1.29 is 19.1 Å². The van der Waals surface area contributed by atoms with Gasteiger partial charge >= 0.3 is 0 Å². The van der Waals surface area contributed by atoms with Crippen molar-refractivity contribution in [1.29, 1.82) is 0 Å². The molecule has 0 radical (unpaired) electrons. The zero-order valence-corrected chi connectivity index (χ0v) is 17.3. The Hall–Kier alpha value is -2.73. The van der Waals surface area contributed by atoms with E-state index in [2.05, 4.69) is 5.32 Å². The second-order valence-corrected chi connectivity index (χ2v) is 6.48. The van der Waals surface area contributed by atoms with Gasteiger partial charge in [-0.3, -0.25) is 9.59 Å². The van der Waals surface area contributed by atoms with Crippen LogP contribution >= 0.6 is 11.6 Å². The third-order valence-electron chi connectivity index (χ3n) is 4.38. The molecule has 2 aromatic rings. The molecule has 0 unspecified atom stereocenters. The highest BCUT2D eigenvalue weighted by Gasteiger charge is 2.17. The topological polar surface area (TPSA) is 67.9 Å². The average Bonchev–Trinajstić information content (AvgIpc) is 2.69. The molecule has 150 valence electrons. The van der Waals surface area contributed by atoms with Gasteiger partial charge in [0.05, 0.1) is 31.2 Å². The number of nitrogens with one attached hydrogen (secondary N) is 1. The van der Waals surface area contributed by atoms with Crippen LogP contribution in [0.3, 0.4) is 0 Å². The summed E-state index contributed by atoms with van der Waals surface area (Å²) in [5, 5.41) is 3.10. The number of hydrogen-bond acceptors (Lipinski definition) is 4. The Kier molecular flexibility index (Phi) is 7.70. The average molecular weight is 405 g/mol. The Morgan fingerprint density at radius 3 is 2.32 bits per heavy atom. The van der Waals surface area contributed by atoms with Crippen LogP contribution in [0.1, 0.15) is 29.8 Å². The maximum atomic E-state index is 12.5. The smallest absolute Gasteiger partial charge is 0.255 e. The number of rotatable bonds is 8. The van der Waals surface area contributed by atoms with Crippen LogP contribution in [0.5, 0.6) is 11.5 Å². The summed E-state index contributed by atoms with van der Waals surface area (Å²) in [6.45, 7) is 5.04. The standard InChI is InChI=1S/C21H25ClN2O4/c1-5-24(6-2)21(26)17-10-8-15(12-18(17)22)23-20(25)11-14-7-9-16(27-3)13-19(14)28-4/h7-10,12-13H,5-6,11H2,1-4H3,(H,23,25). The molecule has 6 nitrogen and oxygen atoms in total. The molecule has 7 heteroatoms. The lowest BCUT2D eigenvalue weighted by molar-refractivity contribution is -0.115. The van der Waals surface area contributed by atoms with Gasteiger partial charge in [0.1, 0.15) is 11.5 Å². The summed E-state index contributed by atoms with van der Waals surface area (Å²) in [5.74, 6) is 0.882. The Morgan fingerprint density at radius 1 is 1.04 bits per heavy atom. The lowest BCUT2D eigenvalue weighted by Crippen LogP contribution is -2.30. The van der Waals surface area contributed by atoms with Gasteiger partial charge in [0.15, 0.2) is 0 Å². The molecule has 0 saturated heterocycles. The molecular formula is C21H25ClN2O4. The van der Waals surface area contributed by atoms with E-state index in [1.165, 1.54) is 0 Å². The number of methoxy groups -OCH3 is 2. The number of benzene rings is 2. The summed E-state index contributed by atoms with van der Waals surface area (Å²) in [5.41, 5.74) is 1.68. The number of halogens is 1. The Morgan fingerprint density at radius 2 is 1.75 bits per heavy atom. The maximum Gasteiger partial charge on any atom is 0.255 e. The van der Waals surface area contributed by atoms with Crippen LogP contribution in [0.4, 0.5) is 5.69 Å². The normalized spacial score (nSPS) is 10.3. The van der Waals surface area contributed by atoms with Gasteiger partial charge in [-0.05, 0) is 38.1 Å². The number of carbonyl (C=O) groups is 2. The molecule has 2 rings (SSSR count). The quantitative estimate of drug-likeness (QED) is 0.721. The van der Waals surface area contributed by atoms with E-state index < -0.39 is 0 Å². The van der Waals surface area contributed by atoms with Crippen LogP contribution in [-0.4, -0.2) is 44.0 Å². The number of amides is 2. The third kappa shape index (κ3) is 5.16. The molecule has 28 heavy (non-hydrogen) atoms. The van der Waals surface area contributed by atoms with Gasteiger partial charge in [-0.15, -0.1) is 0 Å². The predicted molar refractivity (Wildman–Crippen MR) is 111 cm³/mol. The van der Waals surface area contributed by atoms with Crippen LogP contribution in [-0.2, 0) is 11.2 Å². The van der Waals surface area contributed by atoms with E-state index in [9.17, 15) is 9.59 Å². The van der Waals surface area contributed by atoms with Crippen LogP contribution in [0.2, 0.25) is 5.02 Å². The fourth-order valence-electron chi connectivity index (χ4n) is 2.82. The molecule has 0 spiro atoms. The predicted octanol–water partition coefficient (Wildman–Crippen LogP) is 4.02. The van der Waals surface area contributed by atoms with Gasteiger partial charge in [0, 0.05) is 30.4 Å². The monoisotopic (exact) mass is 404 g/mol. The fraction of sp³-hybridized carbons (Fsp3) is 0.333. The van der Waals surface area contributed by atoms with E-state index in [0.29, 0.717) is 40.9 Å². The number of anilines is 1. The highest BCUT2D eigenvalue weighted by atomic mass is 35.5. The Bertz CT molecular complexity index is 850. The number of nitrogens with zero attached hydrogens (tertiary/aromatic N) is 1. The van der Waals surface area contributed by atoms with E-state index in [4.69, 9.17) is 21.1 Å². The number of carbonyl (C=O) groups excluding carboxylic acids is 2. The van der Waals surface area contributed by atoms with Gasteiger partial charge < -0.3 is 19.7 Å². The first-order valence-electron chi connectivity index (χ1n) is 9.03. The van der Waals surface area contributed by atoms with Crippen LogP contribution < -0.4 is 14.8 Å². The zero-order valence-electron chi connectivity index (χ0n) is 16.5. The van der Waals surface area contributed by atoms with Crippen molar-refractivity contribution in [3.8, 4) is 11.5 Å². The van der Waals surface area contributed by atoms with E-state index in [1.54, 1.807) is 55.5 Å². The molecule has 0 aliphatic rings. The molecule has 0 fully saturated rings. The summed E-state index contributed by atoms with van der Waals surface area (Å²) in [4.78, 5) is 26.6. The molecule has 0 aliphatic heterocycles.